The Morgan fingerprint density at radius 2 is 1.56 bits per heavy atom. The Morgan fingerprint density at radius 3 is 2.25 bits per heavy atom. The Balaban J connectivity index is 0.000000940. The first kappa shape index (κ1) is 18.3. The predicted molar refractivity (Wildman–Crippen MR) is 130 cm³/mol. The zero-order valence-corrected chi connectivity index (χ0v) is 18.3. The fraction of sp³-hybridized carbons (Fsp3) is 0.148. The highest BCUT2D eigenvalue weighted by molar-refractivity contribution is 7.86. The first-order valence-corrected chi connectivity index (χ1v) is 11.6. The zero-order valence-electron chi connectivity index (χ0n) is 20.5. The molecule has 6 rings (SSSR count). The van der Waals surface area contributed by atoms with Gasteiger partial charge in [0.2, 0.25) is 0 Å². The minimum Gasteiger partial charge on any atom is -0.412 e. The third-order valence-electron chi connectivity index (χ3n) is 6.44. The van der Waals surface area contributed by atoms with E-state index in [9.17, 15) is 9.00 Å². The van der Waals surface area contributed by atoms with Crippen molar-refractivity contribution in [3.8, 4) is 0 Å². The predicted octanol–water partition coefficient (Wildman–Crippen LogP) is 5.15. The number of anilines is 2. The van der Waals surface area contributed by atoms with Gasteiger partial charge in [-0.05, 0) is 41.5 Å². The molecule has 5 heteroatoms. The lowest BCUT2D eigenvalue weighted by Crippen LogP contribution is -2.38. The third-order valence-corrected chi connectivity index (χ3v) is 8.17. The minimum absolute atomic E-state index is 0. The summed E-state index contributed by atoms with van der Waals surface area (Å²) in [6, 6.07) is 23.1. The van der Waals surface area contributed by atoms with E-state index >= 15 is 0 Å². The third kappa shape index (κ3) is 2.85. The number of nitrogens with zero attached hydrogens (tertiary/aromatic N) is 1. The van der Waals surface area contributed by atoms with Crippen LogP contribution >= 0.6 is 0 Å². The average Bonchev–Trinajstić information content (AvgIpc) is 2.89. The van der Waals surface area contributed by atoms with Crippen molar-refractivity contribution >= 4 is 28.0 Å². The normalized spacial score (nSPS) is 25.0. The first-order valence-electron chi connectivity index (χ1n) is 11.9. The summed E-state index contributed by atoms with van der Waals surface area (Å²) in [7, 11) is -1.28. The second-order valence-electron chi connectivity index (χ2n) is 8.09. The van der Waals surface area contributed by atoms with Gasteiger partial charge < -0.3 is 10.4 Å². The summed E-state index contributed by atoms with van der Waals surface area (Å²) < 4.78 is 32.3. The van der Waals surface area contributed by atoms with Crippen molar-refractivity contribution in [2.24, 2.45) is 5.92 Å². The Hall–Kier alpha value is -3.28. The van der Waals surface area contributed by atoms with Crippen molar-refractivity contribution in [1.82, 2.24) is 0 Å². The molecule has 2 aliphatic heterocycles. The van der Waals surface area contributed by atoms with Crippen LogP contribution < -0.4 is 4.90 Å². The largest absolute Gasteiger partial charge is 0.412 e. The lowest BCUT2D eigenvalue weighted by atomic mass is 9.84. The van der Waals surface area contributed by atoms with Crippen LogP contribution in [0.5, 0.6) is 0 Å². The number of Topliss-reactive ketones (excluding diaryl/α,β-unsaturated/α-hetero) is 1. The summed E-state index contributed by atoms with van der Waals surface area (Å²) in [5.74, 6) is -1.35. The second-order valence-corrected chi connectivity index (χ2v) is 9.67. The highest BCUT2D eigenvalue weighted by Gasteiger charge is 2.41. The molecule has 0 bridgehead atoms. The number of benzene rings is 3. The maximum Gasteiger partial charge on any atom is 0.172 e. The minimum atomic E-state index is -1.28. The number of carbonyl (C=O) groups is 1. The molecule has 3 atom stereocenters. The summed E-state index contributed by atoms with van der Waals surface area (Å²) in [5.41, 5.74) is 5.12. The van der Waals surface area contributed by atoms with Crippen molar-refractivity contribution in [2.45, 2.75) is 23.0 Å². The molecule has 3 aromatic rings. The number of ketones is 1. The van der Waals surface area contributed by atoms with Gasteiger partial charge >= 0.3 is 0 Å². The van der Waals surface area contributed by atoms with E-state index in [-0.39, 0.29) is 16.5 Å². The SMILES string of the molecule is O.[2H]C1(C)c2ccccc2N(C2=CC3C(=O)c4ccccc4S(=O)C3C=C2)c2ccccc21.[2H][2H]. The number of allylic oxidation sites excluding steroid dienone is 2. The molecule has 0 spiro atoms. The van der Waals surface area contributed by atoms with E-state index in [0.29, 0.717) is 10.5 Å². The van der Waals surface area contributed by atoms with Crippen LogP contribution in [0.15, 0.2) is 102 Å². The maximum atomic E-state index is 13.4. The van der Waals surface area contributed by atoms with Crippen LogP contribution in [-0.4, -0.2) is 20.7 Å². The average molecular weight is 447 g/mol. The van der Waals surface area contributed by atoms with Gasteiger partial charge in [0.15, 0.2) is 5.78 Å². The summed E-state index contributed by atoms with van der Waals surface area (Å²) in [6.07, 6.45) is 5.85. The first-order chi connectivity index (χ1) is 16.5. The van der Waals surface area contributed by atoms with E-state index in [1.165, 1.54) is 0 Å². The number of hydrogen-bond donors (Lipinski definition) is 0. The number of carbonyl (C=O) groups excluding carboxylic acids is 1. The van der Waals surface area contributed by atoms with E-state index in [2.05, 4.69) is 4.90 Å². The van der Waals surface area contributed by atoms with Crippen LogP contribution in [0.4, 0.5) is 11.4 Å². The second kappa shape index (κ2) is 7.69. The number of fused-ring (bicyclic) bond motifs is 4. The fourth-order valence-corrected chi connectivity index (χ4v) is 6.50. The van der Waals surface area contributed by atoms with Gasteiger partial charge in [-0.25, -0.2) is 0 Å². The molecule has 3 aromatic carbocycles. The van der Waals surface area contributed by atoms with Crippen LogP contribution in [-0.2, 0) is 10.8 Å². The molecule has 1 aliphatic carbocycles. The van der Waals surface area contributed by atoms with E-state index in [4.69, 9.17) is 4.34 Å². The van der Waals surface area contributed by atoms with Gasteiger partial charge in [-0.3, -0.25) is 9.00 Å². The molecular weight excluding hydrogens is 418 g/mol. The van der Waals surface area contributed by atoms with Gasteiger partial charge in [0.05, 0.1) is 26.9 Å². The van der Waals surface area contributed by atoms with Crippen LogP contribution in [0.3, 0.4) is 0 Å². The molecule has 0 fully saturated rings. The van der Waals surface area contributed by atoms with E-state index in [1.54, 1.807) is 12.1 Å². The molecule has 2 N–H and O–H groups in total. The molecule has 162 valence electrons. The van der Waals surface area contributed by atoms with Crippen LogP contribution in [0.25, 0.3) is 0 Å². The molecule has 0 saturated heterocycles. The Kier molecular flexibility index (Phi) is 4.40. The summed E-state index contributed by atoms with van der Waals surface area (Å²) >= 11 is 0. The Bertz CT molecular complexity index is 1340. The van der Waals surface area contributed by atoms with Crippen molar-refractivity contribution < 1.29 is 18.8 Å². The maximum absolute atomic E-state index is 13.4. The molecule has 0 aromatic heterocycles. The van der Waals surface area contributed by atoms with Crippen molar-refractivity contribution in [1.29, 1.82) is 0 Å². The summed E-state index contributed by atoms with van der Waals surface area (Å²) in [6.45, 7) is 1.92. The molecule has 3 aliphatic rings. The molecular formula is C27H25NO3S. The van der Waals surface area contributed by atoms with Crippen molar-refractivity contribution in [3.63, 3.8) is 0 Å². The van der Waals surface area contributed by atoms with Crippen molar-refractivity contribution in [3.05, 3.63) is 113 Å². The zero-order chi connectivity index (χ0) is 24.0. The highest BCUT2D eigenvalue weighted by atomic mass is 32.2. The van der Waals surface area contributed by atoms with E-state index < -0.39 is 22.6 Å². The Morgan fingerprint density at radius 1 is 0.969 bits per heavy atom. The van der Waals surface area contributed by atoms with Gasteiger partial charge in [-0.15, -0.1) is 0 Å². The lowest BCUT2D eigenvalue weighted by Gasteiger charge is -2.39. The monoisotopic (exact) mass is 446 g/mol. The van der Waals surface area contributed by atoms with Gasteiger partial charge in [0.25, 0.3) is 0 Å². The Labute approximate surface area is 194 Å². The van der Waals surface area contributed by atoms with Gasteiger partial charge in [0.1, 0.15) is 0 Å². The van der Waals surface area contributed by atoms with Gasteiger partial charge in [0, 0.05) is 32.9 Å². The fourth-order valence-electron chi connectivity index (χ4n) is 4.92. The van der Waals surface area contributed by atoms with Gasteiger partial charge in [-0.2, -0.15) is 0 Å². The number of hydrogen-bond acceptors (Lipinski definition) is 3. The number of para-hydroxylation sites is 2. The van der Waals surface area contributed by atoms with Gasteiger partial charge in [-0.1, -0.05) is 67.6 Å². The molecule has 0 saturated carbocycles. The molecule has 4 nitrogen and oxygen atoms in total. The standard InChI is InChI=1S/C27H21NO2S.H2O.H2/c1-17-19-8-2-5-11-23(19)28(24-12-6-3-9-20(17)24)18-14-15-26-22(16-18)27(29)21-10-4-7-13-25(21)31(26)30;;/h2-17,22,26H,1H3;1H2;1H/i17D;;1+1D. The van der Waals surface area contributed by atoms with E-state index in [0.717, 1.165) is 28.2 Å². The summed E-state index contributed by atoms with van der Waals surface area (Å²) in [4.78, 5) is 16.1. The smallest absolute Gasteiger partial charge is 0.172 e. The van der Waals surface area contributed by atoms with Crippen LogP contribution in [0.2, 0.25) is 0 Å². The number of rotatable bonds is 1. The topological polar surface area (TPSA) is 68.9 Å². The van der Waals surface area contributed by atoms with Crippen molar-refractivity contribution in [2.75, 3.05) is 4.90 Å². The van der Waals surface area contributed by atoms with E-state index in [1.807, 2.05) is 85.8 Å². The molecule has 0 amide bonds. The van der Waals surface area contributed by atoms with Crippen LogP contribution in [0.1, 0.15) is 38.6 Å². The lowest BCUT2D eigenvalue weighted by molar-refractivity contribution is 0.0940. The molecule has 2 heterocycles. The quantitative estimate of drug-likeness (QED) is 0.519. The molecule has 3 unspecified atom stereocenters. The summed E-state index contributed by atoms with van der Waals surface area (Å²) in [5, 5.41) is -0.363. The molecule has 32 heavy (non-hydrogen) atoms. The molecule has 0 radical (unpaired) electrons. The van der Waals surface area contributed by atoms with Crippen LogP contribution in [0, 0.1) is 5.92 Å². The highest BCUT2D eigenvalue weighted by Crippen LogP contribution is 2.48.